The summed E-state index contributed by atoms with van der Waals surface area (Å²) in [7, 11) is 0. The number of hydrogen-bond acceptors (Lipinski definition) is 6. The summed E-state index contributed by atoms with van der Waals surface area (Å²) in [6.45, 7) is 3.80. The van der Waals surface area contributed by atoms with E-state index in [0.717, 1.165) is 54.8 Å². The fourth-order valence-corrected chi connectivity index (χ4v) is 5.13. The minimum absolute atomic E-state index is 0.0888. The molecule has 174 valence electrons. The number of aryl methyl sites for hydroxylation is 1. The summed E-state index contributed by atoms with van der Waals surface area (Å²) < 4.78 is 5.87. The normalized spacial score (nSPS) is 14.3. The smallest absolute Gasteiger partial charge is 0.264 e. The standard InChI is InChI=1S/C27H28N4O2S/c1-19-18-34-27(28-19)30-25(32)17-33-23-9-5-8-22-10-11-24(29-26(22)23)31-14-12-21(13-15-31)16-20-6-3-2-4-7-20/h2-11,18,21H,12-17H2,1H3,(H,28,30,32). The number of ether oxygens (including phenoxy) is 1. The molecule has 0 spiro atoms. The second-order valence-corrected chi connectivity index (χ2v) is 9.61. The lowest BCUT2D eigenvalue weighted by Gasteiger charge is -2.33. The van der Waals surface area contributed by atoms with Gasteiger partial charge in [-0.3, -0.25) is 10.1 Å². The van der Waals surface area contributed by atoms with Gasteiger partial charge >= 0.3 is 0 Å². The molecule has 7 heteroatoms. The molecule has 34 heavy (non-hydrogen) atoms. The Morgan fingerprint density at radius 3 is 2.65 bits per heavy atom. The van der Waals surface area contributed by atoms with Crippen LogP contribution < -0.4 is 15.0 Å². The number of rotatable bonds is 7. The molecule has 2 aromatic heterocycles. The molecule has 0 unspecified atom stereocenters. The minimum atomic E-state index is -0.233. The highest BCUT2D eigenvalue weighted by Gasteiger charge is 2.21. The van der Waals surface area contributed by atoms with Gasteiger partial charge in [0.05, 0.1) is 5.69 Å². The first kappa shape index (κ1) is 22.3. The third-order valence-electron chi connectivity index (χ3n) is 6.20. The molecular weight excluding hydrogens is 444 g/mol. The number of anilines is 2. The summed E-state index contributed by atoms with van der Waals surface area (Å²) in [4.78, 5) is 23.9. The van der Waals surface area contributed by atoms with Crippen molar-refractivity contribution >= 4 is 39.1 Å². The van der Waals surface area contributed by atoms with Crippen LogP contribution in [0.1, 0.15) is 24.1 Å². The molecular formula is C27H28N4O2S. The number of aromatic nitrogens is 2. The van der Waals surface area contributed by atoms with E-state index in [9.17, 15) is 4.79 Å². The van der Waals surface area contributed by atoms with Gasteiger partial charge in [0.2, 0.25) is 0 Å². The van der Waals surface area contributed by atoms with Gasteiger partial charge < -0.3 is 9.64 Å². The third-order valence-corrected chi connectivity index (χ3v) is 7.07. The molecule has 3 heterocycles. The molecule has 0 saturated carbocycles. The molecule has 1 saturated heterocycles. The van der Waals surface area contributed by atoms with Crippen LogP contribution in [-0.4, -0.2) is 35.6 Å². The number of thiazole rings is 1. The highest BCUT2D eigenvalue weighted by molar-refractivity contribution is 7.13. The molecule has 4 aromatic rings. The molecule has 0 bridgehead atoms. The van der Waals surface area contributed by atoms with E-state index in [0.29, 0.717) is 16.8 Å². The summed E-state index contributed by atoms with van der Waals surface area (Å²) in [5.74, 6) is 2.05. The van der Waals surface area contributed by atoms with Crippen LogP contribution in [0.5, 0.6) is 5.75 Å². The fraction of sp³-hybridized carbons (Fsp3) is 0.296. The van der Waals surface area contributed by atoms with Crippen molar-refractivity contribution in [3.05, 3.63) is 77.3 Å². The van der Waals surface area contributed by atoms with Crippen molar-refractivity contribution in [1.29, 1.82) is 0 Å². The summed E-state index contributed by atoms with van der Waals surface area (Å²) in [5.41, 5.74) is 3.08. The molecule has 1 fully saturated rings. The van der Waals surface area contributed by atoms with E-state index in [2.05, 4.69) is 57.7 Å². The van der Waals surface area contributed by atoms with Gasteiger partial charge in [-0.25, -0.2) is 9.97 Å². The van der Waals surface area contributed by atoms with Gasteiger partial charge in [-0.05, 0) is 55.9 Å². The molecule has 6 nitrogen and oxygen atoms in total. The van der Waals surface area contributed by atoms with Crippen LogP contribution in [0.3, 0.4) is 0 Å². The first-order valence-corrected chi connectivity index (χ1v) is 12.6. The van der Waals surface area contributed by atoms with Crippen LogP contribution >= 0.6 is 11.3 Å². The molecule has 2 aromatic carbocycles. The maximum Gasteiger partial charge on any atom is 0.264 e. The van der Waals surface area contributed by atoms with Crippen LogP contribution in [0.25, 0.3) is 10.9 Å². The maximum atomic E-state index is 12.3. The Labute approximate surface area is 203 Å². The summed E-state index contributed by atoms with van der Waals surface area (Å²) in [6.07, 6.45) is 3.45. The number of benzene rings is 2. The lowest BCUT2D eigenvalue weighted by Crippen LogP contribution is -2.34. The van der Waals surface area contributed by atoms with Crippen LogP contribution in [0.15, 0.2) is 66.0 Å². The van der Waals surface area contributed by atoms with E-state index in [1.54, 1.807) is 0 Å². The number of pyridine rings is 1. The molecule has 0 aliphatic carbocycles. The van der Waals surface area contributed by atoms with Crippen molar-refractivity contribution in [2.45, 2.75) is 26.2 Å². The summed E-state index contributed by atoms with van der Waals surface area (Å²) in [5, 5.41) is 6.26. The molecule has 1 amide bonds. The summed E-state index contributed by atoms with van der Waals surface area (Å²) in [6, 6.07) is 20.7. The van der Waals surface area contributed by atoms with Crippen LogP contribution in [0.4, 0.5) is 10.9 Å². The lowest BCUT2D eigenvalue weighted by molar-refractivity contribution is -0.118. The average molecular weight is 473 g/mol. The number of amides is 1. The number of para-hydroxylation sites is 1. The average Bonchev–Trinajstić information content (AvgIpc) is 3.27. The zero-order valence-corrected chi connectivity index (χ0v) is 20.1. The van der Waals surface area contributed by atoms with Crippen LogP contribution in [0.2, 0.25) is 0 Å². The van der Waals surface area contributed by atoms with Gasteiger partial charge in [0.15, 0.2) is 11.7 Å². The van der Waals surface area contributed by atoms with Gasteiger partial charge in [-0.1, -0.05) is 42.5 Å². The van der Waals surface area contributed by atoms with Crippen molar-refractivity contribution < 1.29 is 9.53 Å². The molecule has 0 radical (unpaired) electrons. The second-order valence-electron chi connectivity index (χ2n) is 8.75. The number of piperidine rings is 1. The molecule has 1 aliphatic rings. The SMILES string of the molecule is Cc1csc(NC(=O)COc2cccc3ccc(N4CCC(Cc5ccccc5)CC4)nc23)n1. The number of nitrogens with one attached hydrogen (secondary N) is 1. The number of hydrogen-bond donors (Lipinski definition) is 1. The van der Waals surface area contributed by atoms with Gasteiger partial charge in [-0.2, -0.15) is 0 Å². The highest BCUT2D eigenvalue weighted by atomic mass is 32.1. The van der Waals surface area contributed by atoms with Gasteiger partial charge in [0.25, 0.3) is 5.91 Å². The van der Waals surface area contributed by atoms with Crippen molar-refractivity contribution in [2.24, 2.45) is 5.92 Å². The quantitative estimate of drug-likeness (QED) is 0.386. The van der Waals surface area contributed by atoms with Crippen molar-refractivity contribution in [2.75, 3.05) is 29.9 Å². The fourth-order valence-electron chi connectivity index (χ4n) is 4.43. The predicted molar refractivity (Wildman–Crippen MR) is 138 cm³/mol. The Morgan fingerprint density at radius 2 is 1.88 bits per heavy atom. The minimum Gasteiger partial charge on any atom is -0.481 e. The predicted octanol–water partition coefficient (Wildman–Crippen LogP) is 5.48. The van der Waals surface area contributed by atoms with Crippen LogP contribution in [0, 0.1) is 12.8 Å². The van der Waals surface area contributed by atoms with E-state index in [1.807, 2.05) is 30.5 Å². The number of nitrogens with zero attached hydrogens (tertiary/aromatic N) is 3. The highest BCUT2D eigenvalue weighted by Crippen LogP contribution is 2.29. The number of carbonyl (C=O) groups is 1. The van der Waals surface area contributed by atoms with E-state index < -0.39 is 0 Å². The van der Waals surface area contributed by atoms with E-state index in [-0.39, 0.29) is 12.5 Å². The first-order chi connectivity index (χ1) is 16.6. The summed E-state index contributed by atoms with van der Waals surface area (Å²) >= 11 is 1.40. The molecule has 1 aliphatic heterocycles. The molecule has 5 rings (SSSR count). The number of carbonyl (C=O) groups excluding carboxylic acids is 1. The number of fused-ring (bicyclic) bond motifs is 1. The van der Waals surface area contributed by atoms with Crippen LogP contribution in [-0.2, 0) is 11.2 Å². The zero-order chi connectivity index (χ0) is 23.3. The monoisotopic (exact) mass is 472 g/mol. The van der Waals surface area contributed by atoms with Crippen molar-refractivity contribution in [3.8, 4) is 5.75 Å². The maximum absolute atomic E-state index is 12.3. The van der Waals surface area contributed by atoms with Crippen molar-refractivity contribution in [3.63, 3.8) is 0 Å². The van der Waals surface area contributed by atoms with Gasteiger partial charge in [0, 0.05) is 23.9 Å². The zero-order valence-electron chi connectivity index (χ0n) is 19.2. The Bertz CT molecular complexity index is 1270. The third kappa shape index (κ3) is 5.37. The Balaban J connectivity index is 1.23. The lowest BCUT2D eigenvalue weighted by atomic mass is 9.90. The van der Waals surface area contributed by atoms with Crippen molar-refractivity contribution in [1.82, 2.24) is 9.97 Å². The Morgan fingerprint density at radius 1 is 1.06 bits per heavy atom. The second kappa shape index (κ2) is 10.2. The largest absolute Gasteiger partial charge is 0.481 e. The van der Waals surface area contributed by atoms with E-state index in [1.165, 1.54) is 16.9 Å². The van der Waals surface area contributed by atoms with Gasteiger partial charge in [0.1, 0.15) is 17.1 Å². The molecule has 0 atom stereocenters. The molecule has 1 N–H and O–H groups in total. The topological polar surface area (TPSA) is 67.3 Å². The van der Waals surface area contributed by atoms with Gasteiger partial charge in [-0.15, -0.1) is 11.3 Å². The van der Waals surface area contributed by atoms with E-state index in [4.69, 9.17) is 9.72 Å². The first-order valence-electron chi connectivity index (χ1n) is 11.7. The Hall–Kier alpha value is -3.45. The Kier molecular flexibility index (Phi) is 6.72. The van der Waals surface area contributed by atoms with E-state index >= 15 is 0 Å².